The van der Waals surface area contributed by atoms with Crippen molar-refractivity contribution < 1.29 is 18.0 Å². The van der Waals surface area contributed by atoms with Crippen molar-refractivity contribution in [1.82, 2.24) is 0 Å². The number of carbonyl (C=O) groups is 1. The first-order valence-electron chi connectivity index (χ1n) is 7.33. The van der Waals surface area contributed by atoms with Gasteiger partial charge in [-0.25, -0.2) is 5.01 Å². The minimum Gasteiger partial charge on any atom is -0.294 e. The number of alkyl halides is 3. The summed E-state index contributed by atoms with van der Waals surface area (Å²) in [5.74, 6) is -0.432. The number of nitrogens with one attached hydrogen (secondary N) is 2. The van der Waals surface area contributed by atoms with Crippen LogP contribution in [0.3, 0.4) is 0 Å². The number of anilines is 1. The molecule has 0 amide bonds. The van der Waals surface area contributed by atoms with Crippen LogP contribution >= 0.6 is 0 Å². The number of carbonyl (C=O) groups excluding carboxylic acids is 1. The van der Waals surface area contributed by atoms with Crippen molar-refractivity contribution >= 4 is 17.3 Å². The quantitative estimate of drug-likeness (QED) is 0.250. The van der Waals surface area contributed by atoms with Gasteiger partial charge in [0.2, 0.25) is 0 Å². The van der Waals surface area contributed by atoms with Gasteiger partial charge in [0, 0.05) is 18.4 Å². The number of benzene rings is 2. The van der Waals surface area contributed by atoms with Crippen molar-refractivity contribution in [3.05, 3.63) is 65.7 Å². The topological polar surface area (TPSA) is 80.4 Å². The van der Waals surface area contributed by atoms with E-state index in [1.807, 2.05) is 0 Å². The Hall–Kier alpha value is -3.03. The molecule has 2 rings (SSSR count). The fraction of sp³-hybridized carbons (Fsp3) is 0.176. The molecule has 0 bridgehead atoms. The molecule has 0 aliphatic carbocycles. The van der Waals surface area contributed by atoms with Crippen LogP contribution in [0.4, 0.5) is 18.9 Å². The van der Waals surface area contributed by atoms with E-state index in [1.165, 1.54) is 12.1 Å². The Morgan fingerprint density at radius 2 is 1.72 bits per heavy atom. The summed E-state index contributed by atoms with van der Waals surface area (Å²) < 4.78 is 38.4. The zero-order valence-electron chi connectivity index (χ0n) is 13.0. The number of hydrogen-bond acceptors (Lipinski definition) is 4. The highest BCUT2D eigenvalue weighted by Gasteiger charge is 2.31. The van der Waals surface area contributed by atoms with Crippen LogP contribution in [0.25, 0.3) is 0 Å². The molecule has 0 atom stereocenters. The van der Waals surface area contributed by atoms with Crippen LogP contribution < -0.4 is 5.01 Å². The number of rotatable bonds is 6. The van der Waals surface area contributed by atoms with Crippen molar-refractivity contribution in [1.29, 1.82) is 10.9 Å². The predicted octanol–water partition coefficient (Wildman–Crippen LogP) is 5.10. The smallest absolute Gasteiger partial charge is 0.294 e. The highest BCUT2D eigenvalue weighted by atomic mass is 19.4. The zero-order chi connectivity index (χ0) is 18.4. The number of Topliss-reactive ketones (excluding diaryl/α,β-unsaturated/α-hetero) is 1. The second-order valence-corrected chi connectivity index (χ2v) is 5.20. The summed E-state index contributed by atoms with van der Waals surface area (Å²) in [7, 11) is 0. The van der Waals surface area contributed by atoms with E-state index in [-0.39, 0.29) is 30.1 Å². The highest BCUT2D eigenvalue weighted by Crippen LogP contribution is 2.32. The molecular formula is C17H15F3N4O. The standard InChI is InChI=1S/C17H15F3N4O/c18-17(19,20)13-7-4-8-14(11-13)24(23-22)16(21)10-9-15(25)12-5-2-1-3-6-12/h1-8,11,21-22H,9-10H2. The van der Waals surface area contributed by atoms with Crippen LogP contribution in [0.15, 0.2) is 59.8 Å². The van der Waals surface area contributed by atoms with Gasteiger partial charge in [-0.05, 0) is 18.2 Å². The van der Waals surface area contributed by atoms with Gasteiger partial charge in [-0.3, -0.25) is 10.2 Å². The van der Waals surface area contributed by atoms with Crippen LogP contribution in [-0.4, -0.2) is 11.6 Å². The van der Waals surface area contributed by atoms with Gasteiger partial charge < -0.3 is 0 Å². The second-order valence-electron chi connectivity index (χ2n) is 5.20. The van der Waals surface area contributed by atoms with E-state index in [0.29, 0.717) is 5.56 Å². The van der Waals surface area contributed by atoms with E-state index in [4.69, 9.17) is 10.9 Å². The van der Waals surface area contributed by atoms with Crippen molar-refractivity contribution in [2.45, 2.75) is 19.0 Å². The van der Waals surface area contributed by atoms with Crippen molar-refractivity contribution in [2.75, 3.05) is 5.01 Å². The third kappa shape index (κ3) is 4.72. The number of halogens is 3. The van der Waals surface area contributed by atoms with Gasteiger partial charge in [0.15, 0.2) is 5.78 Å². The average molecular weight is 348 g/mol. The van der Waals surface area contributed by atoms with Gasteiger partial charge in [0.05, 0.1) is 11.3 Å². The van der Waals surface area contributed by atoms with Crippen LogP contribution in [0.1, 0.15) is 28.8 Å². The summed E-state index contributed by atoms with van der Waals surface area (Å²) in [6.45, 7) is 0. The number of amidine groups is 1. The molecule has 0 aliphatic heterocycles. The second kappa shape index (κ2) is 7.69. The first kappa shape index (κ1) is 18.3. The maximum atomic E-state index is 12.8. The molecule has 0 spiro atoms. The van der Waals surface area contributed by atoms with Crippen molar-refractivity contribution in [3.8, 4) is 0 Å². The van der Waals surface area contributed by atoms with Crippen LogP contribution in [-0.2, 0) is 6.18 Å². The Morgan fingerprint density at radius 1 is 1.04 bits per heavy atom. The van der Waals surface area contributed by atoms with Gasteiger partial charge in [-0.15, -0.1) is 0 Å². The van der Waals surface area contributed by atoms with Crippen LogP contribution in [0, 0.1) is 10.9 Å². The fourth-order valence-corrected chi connectivity index (χ4v) is 2.19. The lowest BCUT2D eigenvalue weighted by molar-refractivity contribution is -0.137. The summed E-state index contributed by atoms with van der Waals surface area (Å²) in [6, 6.07) is 12.7. The normalized spacial score (nSPS) is 11.0. The largest absolute Gasteiger partial charge is 0.416 e. The summed E-state index contributed by atoms with van der Waals surface area (Å²) >= 11 is 0. The van der Waals surface area contributed by atoms with E-state index in [0.717, 1.165) is 17.1 Å². The zero-order valence-corrected chi connectivity index (χ0v) is 13.0. The Kier molecular flexibility index (Phi) is 5.63. The molecule has 0 aliphatic rings. The van der Waals surface area contributed by atoms with Gasteiger partial charge in [-0.2, -0.15) is 18.7 Å². The summed E-state index contributed by atoms with van der Waals surface area (Å²) in [6.07, 6.45) is -4.59. The summed E-state index contributed by atoms with van der Waals surface area (Å²) in [4.78, 5) is 12.0. The van der Waals surface area contributed by atoms with E-state index in [2.05, 4.69) is 5.22 Å². The third-order valence-electron chi connectivity index (χ3n) is 3.46. The first-order valence-corrected chi connectivity index (χ1v) is 7.33. The van der Waals surface area contributed by atoms with Gasteiger partial charge in [0.25, 0.3) is 0 Å². The molecule has 0 fully saturated rings. The summed E-state index contributed by atoms with van der Waals surface area (Å²) in [5, 5.41) is 11.8. The molecule has 0 saturated carbocycles. The molecule has 2 aromatic carbocycles. The fourth-order valence-electron chi connectivity index (χ4n) is 2.19. The molecule has 0 heterocycles. The van der Waals surface area contributed by atoms with Crippen molar-refractivity contribution in [2.24, 2.45) is 5.22 Å². The SMILES string of the molecule is N=NN(C(=N)CCC(=O)c1ccccc1)c1cccc(C(F)(F)F)c1. The minimum absolute atomic E-state index is 0.00612. The molecule has 8 heteroatoms. The lowest BCUT2D eigenvalue weighted by Crippen LogP contribution is -2.25. The summed E-state index contributed by atoms with van der Waals surface area (Å²) in [5.41, 5.74) is 6.69. The molecule has 5 nitrogen and oxygen atoms in total. The Morgan fingerprint density at radius 3 is 2.32 bits per heavy atom. The molecule has 130 valence electrons. The van der Waals surface area contributed by atoms with Gasteiger partial charge in [0.1, 0.15) is 5.84 Å². The molecule has 2 N–H and O–H groups in total. The predicted molar refractivity (Wildman–Crippen MR) is 86.8 cm³/mol. The van der Waals surface area contributed by atoms with E-state index in [9.17, 15) is 18.0 Å². The molecule has 0 radical (unpaired) electrons. The van der Waals surface area contributed by atoms with Gasteiger partial charge >= 0.3 is 6.18 Å². The molecule has 0 saturated heterocycles. The Bertz CT molecular complexity index is 775. The van der Waals surface area contributed by atoms with Crippen molar-refractivity contribution in [3.63, 3.8) is 0 Å². The Labute approximate surface area is 142 Å². The number of hydrogen-bond donors (Lipinski definition) is 2. The molecule has 25 heavy (non-hydrogen) atoms. The van der Waals surface area contributed by atoms with E-state index < -0.39 is 11.7 Å². The lowest BCUT2D eigenvalue weighted by atomic mass is 10.1. The van der Waals surface area contributed by atoms with E-state index in [1.54, 1.807) is 30.3 Å². The van der Waals surface area contributed by atoms with Crippen LogP contribution in [0.2, 0.25) is 0 Å². The molecule has 2 aromatic rings. The highest BCUT2D eigenvalue weighted by molar-refractivity contribution is 6.01. The molecule has 0 unspecified atom stereocenters. The molecular weight excluding hydrogens is 333 g/mol. The average Bonchev–Trinajstić information content (AvgIpc) is 2.60. The van der Waals surface area contributed by atoms with Gasteiger partial charge in [-0.1, -0.05) is 41.6 Å². The maximum Gasteiger partial charge on any atom is 0.416 e. The minimum atomic E-state index is -4.53. The van der Waals surface area contributed by atoms with E-state index >= 15 is 0 Å². The molecule has 0 aromatic heterocycles. The monoisotopic (exact) mass is 348 g/mol. The number of nitrogens with zero attached hydrogens (tertiary/aromatic N) is 2. The van der Waals surface area contributed by atoms with Crippen LogP contribution in [0.5, 0.6) is 0 Å². The lowest BCUT2D eigenvalue weighted by Gasteiger charge is -2.19. The third-order valence-corrected chi connectivity index (χ3v) is 3.46. The Balaban J connectivity index is 2.09. The number of ketones is 1. The maximum absolute atomic E-state index is 12.8. The first-order chi connectivity index (χ1) is 11.8.